The summed E-state index contributed by atoms with van der Waals surface area (Å²) in [6.07, 6.45) is 0.614. The standard InChI is InChI=1S/C24H34N6O5S/c1-6-10-30-22-20(24(27-30)35-16(3)4)23(31)26-21(25-22)18-15-17(8-9-19(18)34-7-2)36(32,33)29-13-11-28(5)12-14-29/h8-9,15-16H,6-7,10-14H2,1-5H3,(H,25,26,31). The van der Waals surface area contributed by atoms with Crippen LogP contribution in [0.1, 0.15) is 34.1 Å². The fourth-order valence-corrected chi connectivity index (χ4v) is 5.61. The summed E-state index contributed by atoms with van der Waals surface area (Å²) in [5.74, 6) is 0.863. The van der Waals surface area contributed by atoms with Gasteiger partial charge in [-0.05, 0) is 52.4 Å². The van der Waals surface area contributed by atoms with E-state index >= 15 is 0 Å². The molecule has 3 heterocycles. The number of aromatic amines is 1. The summed E-state index contributed by atoms with van der Waals surface area (Å²) in [7, 11) is -1.76. The average Bonchev–Trinajstić information content (AvgIpc) is 3.16. The zero-order valence-electron chi connectivity index (χ0n) is 21.4. The van der Waals surface area contributed by atoms with Crippen molar-refractivity contribution >= 4 is 21.1 Å². The fraction of sp³-hybridized carbons (Fsp3) is 0.542. The van der Waals surface area contributed by atoms with Gasteiger partial charge in [-0.15, -0.1) is 5.10 Å². The first kappa shape index (κ1) is 26.1. The van der Waals surface area contributed by atoms with Crippen molar-refractivity contribution < 1.29 is 17.9 Å². The largest absolute Gasteiger partial charge is 0.493 e. The van der Waals surface area contributed by atoms with E-state index in [2.05, 4.69) is 15.0 Å². The topological polar surface area (TPSA) is 123 Å². The molecule has 11 nitrogen and oxygen atoms in total. The van der Waals surface area contributed by atoms with Gasteiger partial charge in [0.25, 0.3) is 5.56 Å². The van der Waals surface area contributed by atoms with Gasteiger partial charge in [0.1, 0.15) is 17.0 Å². The highest BCUT2D eigenvalue weighted by atomic mass is 32.2. The van der Waals surface area contributed by atoms with Crippen LogP contribution < -0.4 is 15.0 Å². The molecule has 4 rings (SSSR count). The highest BCUT2D eigenvalue weighted by Crippen LogP contribution is 2.33. The number of ether oxygens (including phenoxy) is 2. The Bertz CT molecular complexity index is 1390. The van der Waals surface area contributed by atoms with Gasteiger partial charge in [-0.2, -0.15) is 4.31 Å². The van der Waals surface area contributed by atoms with Gasteiger partial charge < -0.3 is 19.4 Å². The molecular weight excluding hydrogens is 484 g/mol. The van der Waals surface area contributed by atoms with Crippen molar-refractivity contribution in [2.24, 2.45) is 0 Å². The number of likely N-dealkylation sites (N-methyl/N-ethyl adjacent to an activating group) is 1. The summed E-state index contributed by atoms with van der Waals surface area (Å²) in [5.41, 5.74) is 0.352. The molecular formula is C24H34N6O5S. The maximum Gasteiger partial charge on any atom is 0.266 e. The van der Waals surface area contributed by atoms with E-state index < -0.39 is 15.6 Å². The second-order valence-corrected chi connectivity index (χ2v) is 11.0. The summed E-state index contributed by atoms with van der Waals surface area (Å²) in [6.45, 7) is 10.6. The molecule has 0 atom stereocenters. The first-order valence-corrected chi connectivity index (χ1v) is 13.7. The van der Waals surface area contributed by atoms with Crippen molar-refractivity contribution in [2.75, 3.05) is 39.8 Å². The van der Waals surface area contributed by atoms with E-state index in [1.54, 1.807) is 10.7 Å². The van der Waals surface area contributed by atoms with Crippen LogP contribution in [0.2, 0.25) is 0 Å². The van der Waals surface area contributed by atoms with E-state index in [4.69, 9.17) is 14.5 Å². The number of rotatable bonds is 9. The van der Waals surface area contributed by atoms with E-state index in [0.29, 0.717) is 56.3 Å². The highest BCUT2D eigenvalue weighted by Gasteiger charge is 2.29. The van der Waals surface area contributed by atoms with Crippen molar-refractivity contribution in [1.29, 1.82) is 0 Å². The first-order valence-electron chi connectivity index (χ1n) is 12.3. The molecule has 1 N–H and O–H groups in total. The number of piperazine rings is 1. The Morgan fingerprint density at radius 3 is 2.50 bits per heavy atom. The van der Waals surface area contributed by atoms with Crippen LogP contribution in [-0.2, 0) is 16.6 Å². The Balaban J connectivity index is 1.86. The lowest BCUT2D eigenvalue weighted by molar-refractivity contribution is 0.222. The van der Waals surface area contributed by atoms with Gasteiger partial charge in [0.05, 0.1) is 23.2 Å². The number of nitrogens with one attached hydrogen (secondary N) is 1. The monoisotopic (exact) mass is 518 g/mol. The molecule has 12 heteroatoms. The van der Waals surface area contributed by atoms with Gasteiger partial charge in [0, 0.05) is 32.7 Å². The third-order valence-electron chi connectivity index (χ3n) is 5.96. The van der Waals surface area contributed by atoms with Crippen molar-refractivity contribution in [1.82, 2.24) is 29.0 Å². The molecule has 0 unspecified atom stereocenters. The molecule has 1 saturated heterocycles. The molecule has 0 aliphatic carbocycles. The summed E-state index contributed by atoms with van der Waals surface area (Å²) in [5, 5.41) is 4.74. The third-order valence-corrected chi connectivity index (χ3v) is 7.85. The number of H-pyrrole nitrogens is 1. The van der Waals surface area contributed by atoms with Crippen molar-refractivity contribution in [2.45, 2.75) is 51.7 Å². The Labute approximate surface area is 211 Å². The van der Waals surface area contributed by atoms with Crippen LogP contribution in [0.4, 0.5) is 0 Å². The molecule has 1 aliphatic rings. The number of nitrogens with zero attached hydrogens (tertiary/aromatic N) is 5. The lowest BCUT2D eigenvalue weighted by atomic mass is 10.2. The summed E-state index contributed by atoms with van der Waals surface area (Å²) in [6, 6.07) is 4.67. The predicted octanol–water partition coefficient (Wildman–Crippen LogP) is 2.32. The average molecular weight is 519 g/mol. The number of sulfonamides is 1. The normalized spacial score (nSPS) is 15.6. The van der Waals surface area contributed by atoms with Crippen LogP contribution in [0.15, 0.2) is 27.9 Å². The number of aryl methyl sites for hydroxylation is 1. The Morgan fingerprint density at radius 2 is 1.86 bits per heavy atom. The van der Waals surface area contributed by atoms with Crippen molar-refractivity contribution in [3.05, 3.63) is 28.6 Å². The van der Waals surface area contributed by atoms with Crippen LogP contribution in [0.3, 0.4) is 0 Å². The minimum atomic E-state index is -3.73. The summed E-state index contributed by atoms with van der Waals surface area (Å²) < 4.78 is 41.5. The summed E-state index contributed by atoms with van der Waals surface area (Å²) >= 11 is 0. The van der Waals surface area contributed by atoms with Crippen LogP contribution in [0.25, 0.3) is 22.4 Å². The van der Waals surface area contributed by atoms with E-state index in [-0.39, 0.29) is 28.1 Å². The lowest BCUT2D eigenvalue weighted by Crippen LogP contribution is -2.47. The number of hydrogen-bond donors (Lipinski definition) is 1. The van der Waals surface area contributed by atoms with E-state index in [9.17, 15) is 13.2 Å². The van der Waals surface area contributed by atoms with Crippen molar-refractivity contribution in [3.8, 4) is 23.0 Å². The molecule has 196 valence electrons. The molecule has 0 saturated carbocycles. The smallest absolute Gasteiger partial charge is 0.266 e. The van der Waals surface area contributed by atoms with Gasteiger partial charge >= 0.3 is 0 Å². The maximum atomic E-state index is 13.4. The first-order chi connectivity index (χ1) is 17.1. The lowest BCUT2D eigenvalue weighted by Gasteiger charge is -2.31. The van der Waals surface area contributed by atoms with Gasteiger partial charge in [0.15, 0.2) is 5.65 Å². The maximum absolute atomic E-state index is 13.4. The van der Waals surface area contributed by atoms with Gasteiger partial charge in [-0.3, -0.25) is 4.79 Å². The molecule has 2 aromatic heterocycles. The van der Waals surface area contributed by atoms with Gasteiger partial charge in [0.2, 0.25) is 15.9 Å². The van der Waals surface area contributed by atoms with Crippen LogP contribution >= 0.6 is 0 Å². The van der Waals surface area contributed by atoms with E-state index in [1.165, 1.54) is 16.4 Å². The minimum Gasteiger partial charge on any atom is -0.493 e. The third kappa shape index (κ3) is 5.11. The summed E-state index contributed by atoms with van der Waals surface area (Å²) in [4.78, 5) is 23.0. The quantitative estimate of drug-likeness (QED) is 0.458. The number of benzene rings is 1. The molecule has 1 fully saturated rings. The van der Waals surface area contributed by atoms with E-state index in [1.807, 2.05) is 34.7 Å². The molecule has 0 amide bonds. The minimum absolute atomic E-state index is 0.124. The predicted molar refractivity (Wildman–Crippen MR) is 137 cm³/mol. The number of fused-ring (bicyclic) bond motifs is 1. The molecule has 0 radical (unpaired) electrons. The zero-order valence-corrected chi connectivity index (χ0v) is 22.3. The SMILES string of the molecule is CCCn1nc(OC(C)C)c2c(=O)[nH]c(-c3cc(S(=O)(=O)N4CCN(C)CC4)ccc3OCC)nc21. The molecule has 1 aliphatic heterocycles. The molecule has 1 aromatic carbocycles. The number of aromatic nitrogens is 4. The fourth-order valence-electron chi connectivity index (χ4n) is 4.16. The second kappa shape index (κ2) is 10.6. The highest BCUT2D eigenvalue weighted by molar-refractivity contribution is 7.89. The Hall–Kier alpha value is -2.96. The van der Waals surface area contributed by atoms with Crippen LogP contribution in [0.5, 0.6) is 11.6 Å². The zero-order chi connectivity index (χ0) is 26.0. The molecule has 0 bridgehead atoms. The molecule has 0 spiro atoms. The molecule has 3 aromatic rings. The Kier molecular flexibility index (Phi) is 7.67. The second-order valence-electron chi connectivity index (χ2n) is 9.11. The molecule has 36 heavy (non-hydrogen) atoms. The van der Waals surface area contributed by atoms with E-state index in [0.717, 1.165) is 6.42 Å². The van der Waals surface area contributed by atoms with Crippen LogP contribution in [-0.4, -0.2) is 83.3 Å². The Morgan fingerprint density at radius 1 is 1.14 bits per heavy atom. The van der Waals surface area contributed by atoms with Gasteiger partial charge in [-0.25, -0.2) is 18.1 Å². The van der Waals surface area contributed by atoms with Crippen molar-refractivity contribution in [3.63, 3.8) is 0 Å². The number of hydrogen-bond acceptors (Lipinski definition) is 8. The van der Waals surface area contributed by atoms with Crippen LogP contribution in [0, 0.1) is 0 Å². The van der Waals surface area contributed by atoms with Gasteiger partial charge in [-0.1, -0.05) is 6.92 Å².